The molecule has 0 aliphatic carbocycles. The second kappa shape index (κ2) is 7.79. The van der Waals surface area contributed by atoms with E-state index in [2.05, 4.69) is 35.5 Å². The van der Waals surface area contributed by atoms with E-state index in [9.17, 15) is 0 Å². The van der Waals surface area contributed by atoms with Gasteiger partial charge < -0.3 is 5.32 Å². The summed E-state index contributed by atoms with van der Waals surface area (Å²) in [4.78, 5) is 17.4. The van der Waals surface area contributed by atoms with Gasteiger partial charge in [0.1, 0.15) is 24.3 Å². The molecular weight excluding hydrogens is 390 g/mol. The second-order valence-corrected chi connectivity index (χ2v) is 6.95. The van der Waals surface area contributed by atoms with Gasteiger partial charge in [-0.1, -0.05) is 12.1 Å². The Morgan fingerprint density at radius 2 is 1.77 bits per heavy atom. The summed E-state index contributed by atoms with van der Waals surface area (Å²) in [6.07, 6.45) is 4.91. The summed E-state index contributed by atoms with van der Waals surface area (Å²) in [6, 6.07) is 17.7. The molecule has 0 atom stereocenters. The lowest BCUT2D eigenvalue weighted by Crippen LogP contribution is -2.01. The minimum Gasteiger partial charge on any atom is -0.324 e. The molecule has 1 N–H and O–H groups in total. The van der Waals surface area contributed by atoms with Crippen molar-refractivity contribution in [2.45, 2.75) is 13.8 Å². The Labute approximate surface area is 178 Å². The third kappa shape index (κ3) is 3.88. The van der Waals surface area contributed by atoms with Crippen LogP contribution in [0.2, 0.25) is 0 Å². The lowest BCUT2D eigenvalue weighted by Gasteiger charge is -2.09. The molecule has 0 fully saturated rings. The molecule has 0 aliphatic heterocycles. The van der Waals surface area contributed by atoms with Crippen molar-refractivity contribution < 1.29 is 0 Å². The van der Waals surface area contributed by atoms with Gasteiger partial charge in [-0.25, -0.2) is 29.3 Å². The highest BCUT2D eigenvalue weighted by Gasteiger charge is 2.07. The van der Waals surface area contributed by atoms with Gasteiger partial charge in [-0.05, 0) is 56.3 Å². The van der Waals surface area contributed by atoms with E-state index in [0.29, 0.717) is 5.95 Å². The van der Waals surface area contributed by atoms with Crippen LogP contribution in [-0.2, 0) is 0 Å². The summed E-state index contributed by atoms with van der Waals surface area (Å²) in [5, 5.41) is 11.9. The number of rotatable bonds is 5. The molecule has 5 aromatic rings. The molecule has 3 aromatic heterocycles. The predicted octanol–water partition coefficient (Wildman–Crippen LogP) is 3.67. The minimum absolute atomic E-state index is 0.518. The molecule has 2 aromatic carbocycles. The molecule has 0 amide bonds. The van der Waals surface area contributed by atoms with Crippen molar-refractivity contribution in [3.63, 3.8) is 0 Å². The van der Waals surface area contributed by atoms with Crippen LogP contribution >= 0.6 is 0 Å². The molecule has 9 heteroatoms. The molecule has 3 heterocycles. The van der Waals surface area contributed by atoms with Crippen LogP contribution in [0.5, 0.6) is 0 Å². The van der Waals surface area contributed by atoms with Crippen LogP contribution in [-0.4, -0.2) is 39.5 Å². The van der Waals surface area contributed by atoms with Crippen LogP contribution in [0.4, 0.5) is 11.6 Å². The number of aryl methyl sites for hydroxylation is 2. The highest BCUT2D eigenvalue weighted by Crippen LogP contribution is 2.22. The Morgan fingerprint density at radius 1 is 0.903 bits per heavy atom. The van der Waals surface area contributed by atoms with E-state index in [0.717, 1.165) is 40.0 Å². The van der Waals surface area contributed by atoms with Crippen LogP contribution in [0.25, 0.3) is 22.6 Å². The first-order valence-electron chi connectivity index (χ1n) is 9.72. The van der Waals surface area contributed by atoms with Gasteiger partial charge in [-0.15, -0.1) is 0 Å². The van der Waals surface area contributed by atoms with Crippen molar-refractivity contribution in [2.75, 3.05) is 5.32 Å². The molecule has 0 aliphatic rings. The van der Waals surface area contributed by atoms with Crippen LogP contribution in [0.15, 0.2) is 73.4 Å². The quantitative estimate of drug-likeness (QED) is 0.473. The summed E-state index contributed by atoms with van der Waals surface area (Å²) in [7, 11) is 0. The summed E-state index contributed by atoms with van der Waals surface area (Å²) in [5.74, 6) is 2.12. The third-order valence-corrected chi connectivity index (χ3v) is 4.72. The fourth-order valence-corrected chi connectivity index (χ4v) is 3.31. The standard InChI is InChI=1S/C22H19N9/c1-15-26-16(2)31(29-15)19-8-6-18(7-9-19)27-22-24-11-10-21(28-22)17-4-3-5-20(12-17)30-14-23-13-25-30/h3-14H,1-2H3,(H,24,27,28). The van der Waals surface area contributed by atoms with E-state index >= 15 is 0 Å². The molecule has 31 heavy (non-hydrogen) atoms. The highest BCUT2D eigenvalue weighted by atomic mass is 15.3. The van der Waals surface area contributed by atoms with Gasteiger partial charge in [-0.2, -0.15) is 10.2 Å². The summed E-state index contributed by atoms with van der Waals surface area (Å²) >= 11 is 0. The highest BCUT2D eigenvalue weighted by molar-refractivity contribution is 5.64. The zero-order valence-corrected chi connectivity index (χ0v) is 17.0. The molecule has 0 spiro atoms. The first kappa shape index (κ1) is 18.6. The maximum atomic E-state index is 4.66. The van der Waals surface area contributed by atoms with Crippen LogP contribution < -0.4 is 5.32 Å². The van der Waals surface area contributed by atoms with E-state index in [1.165, 1.54) is 6.33 Å². The Kier molecular flexibility index (Phi) is 4.68. The van der Waals surface area contributed by atoms with Gasteiger partial charge in [0.05, 0.1) is 17.1 Å². The van der Waals surface area contributed by atoms with Crippen LogP contribution in [0.3, 0.4) is 0 Å². The molecule has 9 nitrogen and oxygen atoms in total. The number of aromatic nitrogens is 8. The normalized spacial score (nSPS) is 10.9. The summed E-state index contributed by atoms with van der Waals surface area (Å²) in [5.41, 5.74) is 4.52. The Bertz CT molecular complexity index is 1320. The van der Waals surface area contributed by atoms with E-state index < -0.39 is 0 Å². The molecule has 0 saturated carbocycles. The number of hydrogen-bond acceptors (Lipinski definition) is 7. The molecule has 0 radical (unpaired) electrons. The Balaban J connectivity index is 1.37. The van der Waals surface area contributed by atoms with E-state index in [4.69, 9.17) is 0 Å². The van der Waals surface area contributed by atoms with Gasteiger partial charge in [0.15, 0.2) is 0 Å². The number of benzene rings is 2. The Hall–Kier alpha value is -4.40. The van der Waals surface area contributed by atoms with Crippen molar-refractivity contribution in [1.29, 1.82) is 0 Å². The monoisotopic (exact) mass is 409 g/mol. The molecule has 152 valence electrons. The molecule has 0 unspecified atom stereocenters. The SMILES string of the molecule is Cc1nc(C)n(-c2ccc(Nc3nccc(-c4cccc(-n5cncn5)c4)n3)cc2)n1. The van der Waals surface area contributed by atoms with Crippen molar-refractivity contribution in [3.05, 3.63) is 85.1 Å². The van der Waals surface area contributed by atoms with Crippen molar-refractivity contribution >= 4 is 11.6 Å². The predicted molar refractivity (Wildman–Crippen MR) is 117 cm³/mol. The first-order valence-corrected chi connectivity index (χ1v) is 9.72. The number of hydrogen-bond donors (Lipinski definition) is 1. The molecule has 5 rings (SSSR count). The van der Waals surface area contributed by atoms with E-state index in [1.807, 2.05) is 73.1 Å². The van der Waals surface area contributed by atoms with E-state index in [-0.39, 0.29) is 0 Å². The second-order valence-electron chi connectivity index (χ2n) is 6.95. The van der Waals surface area contributed by atoms with Crippen molar-refractivity contribution in [2.24, 2.45) is 0 Å². The van der Waals surface area contributed by atoms with Gasteiger partial charge in [0, 0.05) is 17.4 Å². The lowest BCUT2D eigenvalue weighted by atomic mass is 10.1. The van der Waals surface area contributed by atoms with Crippen LogP contribution in [0, 0.1) is 13.8 Å². The van der Waals surface area contributed by atoms with Gasteiger partial charge >= 0.3 is 0 Å². The smallest absolute Gasteiger partial charge is 0.227 e. The lowest BCUT2D eigenvalue weighted by molar-refractivity contribution is 0.831. The average Bonchev–Trinajstić information content (AvgIpc) is 3.44. The van der Waals surface area contributed by atoms with Gasteiger partial charge in [0.25, 0.3) is 0 Å². The average molecular weight is 409 g/mol. The molecule has 0 saturated heterocycles. The maximum Gasteiger partial charge on any atom is 0.227 e. The maximum absolute atomic E-state index is 4.66. The fourth-order valence-electron chi connectivity index (χ4n) is 3.31. The van der Waals surface area contributed by atoms with Crippen LogP contribution in [0.1, 0.15) is 11.6 Å². The minimum atomic E-state index is 0.518. The number of anilines is 2. The van der Waals surface area contributed by atoms with E-state index in [1.54, 1.807) is 17.2 Å². The zero-order valence-electron chi connectivity index (χ0n) is 17.0. The molecule has 0 bridgehead atoms. The Morgan fingerprint density at radius 3 is 2.52 bits per heavy atom. The zero-order chi connectivity index (χ0) is 21.2. The number of nitrogens with zero attached hydrogens (tertiary/aromatic N) is 8. The summed E-state index contributed by atoms with van der Waals surface area (Å²) < 4.78 is 3.53. The topological polar surface area (TPSA) is 99.2 Å². The van der Waals surface area contributed by atoms with Gasteiger partial charge in [-0.3, -0.25) is 0 Å². The van der Waals surface area contributed by atoms with Gasteiger partial charge in [0.2, 0.25) is 5.95 Å². The first-order chi connectivity index (χ1) is 15.2. The van der Waals surface area contributed by atoms with Crippen molar-refractivity contribution in [3.8, 4) is 22.6 Å². The number of nitrogens with one attached hydrogen (secondary N) is 1. The third-order valence-electron chi connectivity index (χ3n) is 4.72. The van der Waals surface area contributed by atoms with Crippen molar-refractivity contribution in [1.82, 2.24) is 39.5 Å². The molecular formula is C22H19N9. The fraction of sp³-hybridized carbons (Fsp3) is 0.0909. The largest absolute Gasteiger partial charge is 0.324 e. The summed E-state index contributed by atoms with van der Waals surface area (Å²) in [6.45, 7) is 3.81.